The number of rotatable bonds is 6. The van der Waals surface area contributed by atoms with E-state index in [4.69, 9.17) is 21.9 Å². The zero-order valence-electron chi connectivity index (χ0n) is 18.5. The third kappa shape index (κ3) is 5.13. The van der Waals surface area contributed by atoms with Gasteiger partial charge in [-0.25, -0.2) is 41.8 Å². The van der Waals surface area contributed by atoms with Crippen molar-refractivity contribution in [1.82, 2.24) is 19.7 Å². The summed E-state index contributed by atoms with van der Waals surface area (Å²) in [5.74, 6) is 0.166. The number of primary sulfonamides is 2. The molecule has 1 aromatic carbocycles. The molecule has 16 heteroatoms. The summed E-state index contributed by atoms with van der Waals surface area (Å²) in [6, 6.07) is 5.37. The number of hydrogen-bond acceptors (Lipinski definition) is 9. The second kappa shape index (κ2) is 8.83. The van der Waals surface area contributed by atoms with E-state index in [1.165, 1.54) is 6.33 Å². The molecule has 0 radical (unpaired) electrons. The van der Waals surface area contributed by atoms with Crippen molar-refractivity contribution in [3.8, 4) is 5.82 Å². The maximum atomic E-state index is 12.8. The van der Waals surface area contributed by atoms with Crippen LogP contribution in [0.4, 0.5) is 11.5 Å². The molecule has 1 aliphatic heterocycles. The number of benzene rings is 1. The van der Waals surface area contributed by atoms with Crippen molar-refractivity contribution in [3.63, 3.8) is 0 Å². The maximum Gasteiger partial charge on any atom is 0.240 e. The molecule has 5 N–H and O–H groups in total. The summed E-state index contributed by atoms with van der Waals surface area (Å²) in [5, 5.41) is 16.8. The average Bonchev–Trinajstić information content (AvgIpc) is 3.03. The minimum Gasteiger partial charge on any atom is -0.355 e. The van der Waals surface area contributed by atoms with Crippen LogP contribution in [0.3, 0.4) is 0 Å². The first kappa shape index (κ1) is 25.0. The number of hydrogen-bond donors (Lipinski definition) is 3. The Bertz CT molecular complexity index is 1550. The molecule has 2 aromatic heterocycles. The number of aryl methyl sites for hydroxylation is 2. The van der Waals surface area contributed by atoms with E-state index in [1.807, 2.05) is 24.8 Å². The van der Waals surface area contributed by atoms with Gasteiger partial charge in [-0.05, 0) is 32.0 Å². The molecule has 0 unspecified atom stereocenters. The van der Waals surface area contributed by atoms with Crippen LogP contribution in [0, 0.1) is 19.8 Å². The molecule has 0 atom stereocenters. The molecule has 35 heavy (non-hydrogen) atoms. The fourth-order valence-corrected chi connectivity index (χ4v) is 5.51. The van der Waals surface area contributed by atoms with E-state index < -0.39 is 41.7 Å². The number of nitrogens with zero attached hydrogens (tertiary/aromatic N) is 5. The van der Waals surface area contributed by atoms with E-state index in [1.54, 1.807) is 10.7 Å². The normalized spacial score (nSPS) is 14.6. The quantitative estimate of drug-likeness (QED) is 0.393. The molecule has 0 saturated carbocycles. The number of halogens is 1. The standard InChI is InChI=1S/C19H21ClN8O5S2/c1-10-3-11(2)28(26-10)18-6-17(23-9-24-18)27-7-12(8-27)19(29)25-14-4-13(20)15(34(21,30)31)5-16(14)35(22,32)33/h3-6,9,12H,7-8H2,1-2H3,(H,25,29)(H2,21,30,31)(H2,22,32,33). The van der Waals surface area contributed by atoms with Gasteiger partial charge in [-0.1, -0.05) is 11.6 Å². The first-order chi connectivity index (χ1) is 16.2. The monoisotopic (exact) mass is 540 g/mol. The van der Waals surface area contributed by atoms with Crippen LogP contribution in [0.2, 0.25) is 5.02 Å². The highest BCUT2D eigenvalue weighted by atomic mass is 35.5. The second-order valence-electron chi connectivity index (χ2n) is 8.03. The highest BCUT2D eigenvalue weighted by molar-refractivity contribution is 7.90. The van der Waals surface area contributed by atoms with Gasteiger partial charge in [0.25, 0.3) is 0 Å². The van der Waals surface area contributed by atoms with Gasteiger partial charge in [0.05, 0.1) is 22.3 Å². The molecular weight excluding hydrogens is 520 g/mol. The van der Waals surface area contributed by atoms with E-state index in [-0.39, 0.29) is 10.7 Å². The first-order valence-corrected chi connectivity index (χ1v) is 13.5. The number of sulfonamides is 2. The lowest BCUT2D eigenvalue weighted by Crippen LogP contribution is -2.52. The zero-order chi connectivity index (χ0) is 25.7. The van der Waals surface area contributed by atoms with Crippen molar-refractivity contribution in [2.24, 2.45) is 16.2 Å². The summed E-state index contributed by atoms with van der Waals surface area (Å²) in [4.78, 5) is 21.9. The number of anilines is 2. The van der Waals surface area contributed by atoms with Gasteiger partial charge in [0.1, 0.15) is 21.9 Å². The highest BCUT2D eigenvalue weighted by Gasteiger charge is 2.35. The van der Waals surface area contributed by atoms with Gasteiger partial charge in [0.15, 0.2) is 5.82 Å². The number of nitrogens with one attached hydrogen (secondary N) is 1. The van der Waals surface area contributed by atoms with Crippen molar-refractivity contribution in [2.75, 3.05) is 23.3 Å². The molecule has 0 bridgehead atoms. The predicted molar refractivity (Wildman–Crippen MR) is 127 cm³/mol. The summed E-state index contributed by atoms with van der Waals surface area (Å²) in [7, 11) is -8.73. The van der Waals surface area contributed by atoms with Crippen molar-refractivity contribution in [1.29, 1.82) is 0 Å². The molecule has 1 fully saturated rings. The van der Waals surface area contributed by atoms with Gasteiger partial charge in [-0.2, -0.15) is 5.10 Å². The van der Waals surface area contributed by atoms with Crippen LogP contribution in [0.25, 0.3) is 5.82 Å². The van der Waals surface area contributed by atoms with E-state index in [0.717, 1.165) is 23.5 Å². The number of amides is 1. The zero-order valence-corrected chi connectivity index (χ0v) is 20.9. The van der Waals surface area contributed by atoms with Crippen LogP contribution in [-0.2, 0) is 24.8 Å². The average molecular weight is 541 g/mol. The van der Waals surface area contributed by atoms with Crippen molar-refractivity contribution in [2.45, 2.75) is 23.6 Å². The molecular formula is C19H21ClN8O5S2. The first-order valence-electron chi connectivity index (χ1n) is 10.0. The lowest BCUT2D eigenvalue weighted by molar-refractivity contribution is -0.120. The van der Waals surface area contributed by atoms with Crippen molar-refractivity contribution in [3.05, 3.63) is 47.0 Å². The van der Waals surface area contributed by atoms with Gasteiger partial charge in [-0.3, -0.25) is 4.79 Å². The molecule has 1 aliphatic rings. The Morgan fingerprint density at radius 3 is 2.20 bits per heavy atom. The van der Waals surface area contributed by atoms with Gasteiger partial charge in [0.2, 0.25) is 26.0 Å². The summed E-state index contributed by atoms with van der Waals surface area (Å²) in [6.07, 6.45) is 1.40. The van der Waals surface area contributed by atoms with Crippen LogP contribution in [0.15, 0.2) is 40.4 Å². The van der Waals surface area contributed by atoms with E-state index in [0.29, 0.717) is 24.7 Å². The molecule has 3 heterocycles. The highest BCUT2D eigenvalue weighted by Crippen LogP contribution is 2.32. The molecule has 0 aliphatic carbocycles. The summed E-state index contributed by atoms with van der Waals surface area (Å²) >= 11 is 5.95. The Balaban J connectivity index is 1.51. The fourth-order valence-electron chi connectivity index (χ4n) is 3.64. The van der Waals surface area contributed by atoms with E-state index in [2.05, 4.69) is 20.4 Å². The summed E-state index contributed by atoms with van der Waals surface area (Å²) in [5.41, 5.74) is 1.51. The Hall–Kier alpha value is -3.11. The molecule has 0 spiro atoms. The Kier molecular flexibility index (Phi) is 6.31. The van der Waals surface area contributed by atoms with Crippen LogP contribution in [0.5, 0.6) is 0 Å². The number of carbonyl (C=O) groups is 1. The van der Waals surface area contributed by atoms with Gasteiger partial charge >= 0.3 is 0 Å². The second-order valence-corrected chi connectivity index (χ2v) is 11.5. The predicted octanol–water partition coefficient (Wildman–Crippen LogP) is 0.302. The Morgan fingerprint density at radius 2 is 1.63 bits per heavy atom. The largest absolute Gasteiger partial charge is 0.355 e. The number of nitrogens with two attached hydrogens (primary N) is 2. The third-order valence-electron chi connectivity index (χ3n) is 5.35. The topological polar surface area (TPSA) is 196 Å². The van der Waals surface area contributed by atoms with Crippen molar-refractivity contribution < 1.29 is 21.6 Å². The van der Waals surface area contributed by atoms with Gasteiger partial charge in [-0.15, -0.1) is 0 Å². The molecule has 4 rings (SSSR count). The minimum absolute atomic E-state index is 0.248. The van der Waals surface area contributed by atoms with Crippen molar-refractivity contribution >= 4 is 49.1 Å². The van der Waals surface area contributed by atoms with Crippen LogP contribution in [-0.4, -0.2) is 55.6 Å². The number of carbonyl (C=O) groups excluding carboxylic acids is 1. The summed E-state index contributed by atoms with van der Waals surface area (Å²) in [6.45, 7) is 4.38. The molecule has 186 valence electrons. The fraction of sp³-hybridized carbons (Fsp3) is 0.263. The van der Waals surface area contributed by atoms with Crippen LogP contribution in [0.1, 0.15) is 11.4 Å². The van der Waals surface area contributed by atoms with E-state index >= 15 is 0 Å². The van der Waals surface area contributed by atoms with E-state index in [9.17, 15) is 21.6 Å². The SMILES string of the molecule is Cc1cc(C)n(-c2cc(N3CC(C(=O)Nc4cc(Cl)c(S(N)(=O)=O)cc4S(N)(=O)=O)C3)ncn2)n1. The molecule has 13 nitrogen and oxygen atoms in total. The smallest absolute Gasteiger partial charge is 0.240 e. The number of aromatic nitrogens is 4. The van der Waals surface area contributed by atoms with Crippen LogP contribution >= 0.6 is 11.6 Å². The maximum absolute atomic E-state index is 12.8. The van der Waals surface area contributed by atoms with Gasteiger partial charge < -0.3 is 10.2 Å². The Labute approximate surface area is 206 Å². The molecule has 1 saturated heterocycles. The minimum atomic E-state index is -4.41. The Morgan fingerprint density at radius 1 is 1.00 bits per heavy atom. The lowest BCUT2D eigenvalue weighted by atomic mass is 9.99. The molecule has 1 amide bonds. The lowest BCUT2D eigenvalue weighted by Gasteiger charge is -2.39. The molecule has 3 aromatic rings. The van der Waals surface area contributed by atoms with Gasteiger partial charge in [0, 0.05) is 24.8 Å². The van der Waals surface area contributed by atoms with Crippen LogP contribution < -0.4 is 20.5 Å². The summed E-state index contributed by atoms with van der Waals surface area (Å²) < 4.78 is 49.1. The third-order valence-corrected chi connectivity index (χ3v) is 7.67.